The molecule has 162 valence electrons. The van der Waals surface area contributed by atoms with Gasteiger partial charge in [-0.2, -0.15) is 0 Å². The van der Waals surface area contributed by atoms with Crippen LogP contribution < -0.4 is 15.0 Å². The van der Waals surface area contributed by atoms with Crippen molar-refractivity contribution in [3.05, 3.63) is 53.6 Å². The van der Waals surface area contributed by atoms with Gasteiger partial charge in [-0.15, -0.1) is 0 Å². The molecule has 2 rings (SSSR count). The summed E-state index contributed by atoms with van der Waals surface area (Å²) in [5.74, 6) is 0.552. The standard InChI is InChI=1S/C23H31N3O4/c1-6-22(27)24-19-9-12-21(25(2)3)18(15-19)16-26(13-14-29-4)23(28)17-7-10-20(30-5)11-8-17/h7-12,15H,6,13-14,16H2,1-5H3,(H,24,27). The number of benzene rings is 2. The van der Waals surface area contributed by atoms with E-state index in [0.29, 0.717) is 43.1 Å². The molecule has 0 unspecified atom stereocenters. The van der Waals surface area contributed by atoms with E-state index in [0.717, 1.165) is 11.3 Å². The number of hydrogen-bond donors (Lipinski definition) is 1. The number of carbonyl (C=O) groups is 2. The van der Waals surface area contributed by atoms with E-state index in [9.17, 15) is 9.59 Å². The lowest BCUT2D eigenvalue weighted by molar-refractivity contribution is -0.115. The molecule has 0 aliphatic rings. The Balaban J connectivity index is 2.34. The lowest BCUT2D eigenvalue weighted by atomic mass is 10.1. The highest BCUT2D eigenvalue weighted by Gasteiger charge is 2.19. The number of hydrogen-bond acceptors (Lipinski definition) is 5. The van der Waals surface area contributed by atoms with Gasteiger partial charge in [-0.25, -0.2) is 0 Å². The minimum absolute atomic E-state index is 0.0518. The Bertz CT molecular complexity index is 850. The molecule has 0 saturated heterocycles. The number of methoxy groups -OCH3 is 2. The number of nitrogens with zero attached hydrogens (tertiary/aromatic N) is 2. The summed E-state index contributed by atoms with van der Waals surface area (Å²) in [6.45, 7) is 3.06. The van der Waals surface area contributed by atoms with Gasteiger partial charge in [0.15, 0.2) is 0 Å². The zero-order chi connectivity index (χ0) is 22.1. The molecule has 1 N–H and O–H groups in total. The molecule has 30 heavy (non-hydrogen) atoms. The van der Waals surface area contributed by atoms with Crippen LogP contribution in [0, 0.1) is 0 Å². The zero-order valence-corrected chi connectivity index (χ0v) is 18.4. The number of rotatable bonds is 10. The molecule has 0 aliphatic carbocycles. The van der Waals surface area contributed by atoms with Crippen LogP contribution in [-0.4, -0.2) is 58.2 Å². The molecule has 0 aromatic heterocycles. The van der Waals surface area contributed by atoms with Gasteiger partial charge in [0, 0.05) is 57.7 Å². The summed E-state index contributed by atoms with van der Waals surface area (Å²) in [5, 5.41) is 2.89. The van der Waals surface area contributed by atoms with Crippen molar-refractivity contribution in [3.8, 4) is 5.75 Å². The summed E-state index contributed by atoms with van der Waals surface area (Å²) in [4.78, 5) is 28.7. The number of ether oxygens (including phenoxy) is 2. The Hall–Kier alpha value is -3.06. The lowest BCUT2D eigenvalue weighted by Crippen LogP contribution is -2.34. The number of carbonyl (C=O) groups excluding carboxylic acids is 2. The second-order valence-electron chi connectivity index (χ2n) is 7.09. The Kier molecular flexibility index (Phi) is 8.68. The van der Waals surface area contributed by atoms with Gasteiger partial charge in [-0.05, 0) is 48.0 Å². The van der Waals surface area contributed by atoms with Crippen LogP contribution in [0.1, 0.15) is 29.3 Å². The van der Waals surface area contributed by atoms with Crippen molar-refractivity contribution < 1.29 is 19.1 Å². The molecule has 0 fully saturated rings. The van der Waals surface area contributed by atoms with Crippen LogP contribution in [0.25, 0.3) is 0 Å². The van der Waals surface area contributed by atoms with Crippen LogP contribution >= 0.6 is 0 Å². The SMILES string of the molecule is CCC(=O)Nc1ccc(N(C)C)c(CN(CCOC)C(=O)c2ccc(OC)cc2)c1. The van der Waals surface area contributed by atoms with Crippen LogP contribution in [0.2, 0.25) is 0 Å². The highest BCUT2D eigenvalue weighted by molar-refractivity contribution is 5.94. The fraction of sp³-hybridized carbons (Fsp3) is 0.391. The van der Waals surface area contributed by atoms with Gasteiger partial charge in [0.1, 0.15) is 5.75 Å². The highest BCUT2D eigenvalue weighted by Crippen LogP contribution is 2.25. The maximum atomic E-state index is 13.2. The molecule has 0 radical (unpaired) electrons. The quantitative estimate of drug-likeness (QED) is 0.646. The fourth-order valence-electron chi connectivity index (χ4n) is 3.05. The average molecular weight is 414 g/mol. The Morgan fingerprint density at radius 3 is 2.30 bits per heavy atom. The highest BCUT2D eigenvalue weighted by atomic mass is 16.5. The normalized spacial score (nSPS) is 10.4. The molecule has 0 saturated carbocycles. The van der Waals surface area contributed by atoms with Crippen LogP contribution in [0.5, 0.6) is 5.75 Å². The van der Waals surface area contributed by atoms with Crippen LogP contribution in [0.4, 0.5) is 11.4 Å². The first-order valence-corrected chi connectivity index (χ1v) is 9.92. The molecule has 7 nitrogen and oxygen atoms in total. The second-order valence-corrected chi connectivity index (χ2v) is 7.09. The summed E-state index contributed by atoms with van der Waals surface area (Å²) >= 11 is 0. The number of amides is 2. The third kappa shape index (κ3) is 6.22. The number of anilines is 2. The predicted octanol–water partition coefficient (Wildman–Crippen LogP) is 3.40. The maximum absolute atomic E-state index is 13.2. The Morgan fingerprint density at radius 1 is 1.03 bits per heavy atom. The molecule has 7 heteroatoms. The van der Waals surface area contributed by atoms with Gasteiger partial charge in [0.05, 0.1) is 13.7 Å². The fourth-order valence-corrected chi connectivity index (χ4v) is 3.05. The minimum atomic E-state index is -0.0950. The van der Waals surface area contributed by atoms with Crippen molar-refractivity contribution in [2.24, 2.45) is 0 Å². The monoisotopic (exact) mass is 413 g/mol. The molecule has 2 amide bonds. The molecule has 0 heterocycles. The third-order valence-corrected chi connectivity index (χ3v) is 4.72. The van der Waals surface area contributed by atoms with E-state index in [1.807, 2.05) is 44.1 Å². The van der Waals surface area contributed by atoms with Crippen LogP contribution in [-0.2, 0) is 16.1 Å². The third-order valence-electron chi connectivity index (χ3n) is 4.72. The van der Waals surface area contributed by atoms with Gasteiger partial charge in [-0.1, -0.05) is 6.92 Å². The van der Waals surface area contributed by atoms with Crippen LogP contribution in [0.3, 0.4) is 0 Å². The summed E-state index contributed by atoms with van der Waals surface area (Å²) in [7, 11) is 7.11. The maximum Gasteiger partial charge on any atom is 0.254 e. The average Bonchev–Trinajstić information content (AvgIpc) is 2.76. The van der Waals surface area contributed by atoms with Gasteiger partial charge >= 0.3 is 0 Å². The Morgan fingerprint density at radius 2 is 1.73 bits per heavy atom. The van der Waals surface area contributed by atoms with Crippen molar-refractivity contribution >= 4 is 23.2 Å². The van der Waals surface area contributed by atoms with E-state index in [4.69, 9.17) is 9.47 Å². The lowest BCUT2D eigenvalue weighted by Gasteiger charge is -2.26. The molecule has 0 bridgehead atoms. The van der Waals surface area contributed by atoms with Crippen molar-refractivity contribution in [3.63, 3.8) is 0 Å². The van der Waals surface area contributed by atoms with Gasteiger partial charge < -0.3 is 24.6 Å². The van der Waals surface area contributed by atoms with Crippen molar-refractivity contribution in [1.29, 1.82) is 0 Å². The number of nitrogens with one attached hydrogen (secondary N) is 1. The largest absolute Gasteiger partial charge is 0.497 e. The summed E-state index contributed by atoms with van der Waals surface area (Å²) in [5.41, 5.74) is 3.21. The van der Waals surface area contributed by atoms with Crippen molar-refractivity contribution in [2.45, 2.75) is 19.9 Å². The van der Waals surface area contributed by atoms with Gasteiger partial charge in [0.2, 0.25) is 5.91 Å². The van der Waals surface area contributed by atoms with Crippen molar-refractivity contribution in [1.82, 2.24) is 4.90 Å². The first-order chi connectivity index (χ1) is 14.4. The molecule has 0 aliphatic heterocycles. The van der Waals surface area contributed by atoms with Gasteiger partial charge in [-0.3, -0.25) is 9.59 Å². The molecule has 2 aromatic carbocycles. The molecule has 0 spiro atoms. The molecular formula is C23H31N3O4. The summed E-state index contributed by atoms with van der Waals surface area (Å²) in [6, 6.07) is 12.8. The first-order valence-electron chi connectivity index (χ1n) is 9.92. The van der Waals surface area contributed by atoms with E-state index >= 15 is 0 Å². The van der Waals surface area contributed by atoms with E-state index in [2.05, 4.69) is 5.32 Å². The second kappa shape index (κ2) is 11.2. The van der Waals surface area contributed by atoms with E-state index in [-0.39, 0.29) is 11.8 Å². The molecular weight excluding hydrogens is 382 g/mol. The van der Waals surface area contributed by atoms with E-state index in [1.165, 1.54) is 0 Å². The Labute approximate surface area is 178 Å². The summed E-state index contributed by atoms with van der Waals surface area (Å²) < 4.78 is 10.4. The van der Waals surface area contributed by atoms with Gasteiger partial charge in [0.25, 0.3) is 5.91 Å². The topological polar surface area (TPSA) is 71.1 Å². The van der Waals surface area contributed by atoms with E-state index < -0.39 is 0 Å². The van der Waals surface area contributed by atoms with Crippen molar-refractivity contribution in [2.75, 3.05) is 51.7 Å². The van der Waals surface area contributed by atoms with E-state index in [1.54, 1.807) is 43.4 Å². The zero-order valence-electron chi connectivity index (χ0n) is 18.4. The molecule has 2 aromatic rings. The smallest absolute Gasteiger partial charge is 0.254 e. The molecule has 0 atom stereocenters. The van der Waals surface area contributed by atoms with Crippen LogP contribution in [0.15, 0.2) is 42.5 Å². The summed E-state index contributed by atoms with van der Waals surface area (Å²) in [6.07, 6.45) is 0.403. The first kappa shape index (κ1) is 23.2. The predicted molar refractivity (Wildman–Crippen MR) is 119 cm³/mol. The minimum Gasteiger partial charge on any atom is -0.497 e.